The molecular weight excluding hydrogens is 258 g/mol. The van der Waals surface area contributed by atoms with Crippen LogP contribution in [-0.2, 0) is 11.3 Å². The fraction of sp³-hybridized carbons (Fsp3) is 0.583. The molecule has 0 aliphatic heterocycles. The van der Waals surface area contributed by atoms with Crippen molar-refractivity contribution < 1.29 is 9.90 Å². The lowest BCUT2D eigenvalue weighted by Gasteiger charge is -2.20. The molecule has 0 aliphatic rings. The number of aliphatic hydroxyl groups excluding tert-OH is 1. The SMILES string of the molecule is CCN(Cc1ccc(Cl)s1)C(=O)CCC(C)O. The van der Waals surface area contributed by atoms with Gasteiger partial charge in [0.25, 0.3) is 0 Å². The molecular formula is C12H18ClNO2S. The summed E-state index contributed by atoms with van der Waals surface area (Å²) >= 11 is 7.35. The minimum atomic E-state index is -0.422. The number of halogens is 1. The summed E-state index contributed by atoms with van der Waals surface area (Å²) < 4.78 is 0.743. The van der Waals surface area contributed by atoms with E-state index in [4.69, 9.17) is 16.7 Å². The van der Waals surface area contributed by atoms with E-state index in [9.17, 15) is 4.79 Å². The normalized spacial score (nSPS) is 12.5. The van der Waals surface area contributed by atoms with Gasteiger partial charge in [-0.15, -0.1) is 11.3 Å². The van der Waals surface area contributed by atoms with Gasteiger partial charge in [-0.2, -0.15) is 0 Å². The van der Waals surface area contributed by atoms with Gasteiger partial charge in [-0.25, -0.2) is 0 Å². The van der Waals surface area contributed by atoms with Gasteiger partial charge in [0.1, 0.15) is 0 Å². The monoisotopic (exact) mass is 275 g/mol. The molecule has 0 fully saturated rings. The maximum absolute atomic E-state index is 11.9. The second kappa shape index (κ2) is 6.99. The Hall–Kier alpha value is -0.580. The first-order chi connectivity index (χ1) is 8.02. The van der Waals surface area contributed by atoms with E-state index < -0.39 is 6.10 Å². The molecule has 3 nitrogen and oxygen atoms in total. The maximum atomic E-state index is 11.9. The molecule has 0 spiro atoms. The second-order valence-electron chi connectivity index (χ2n) is 4.00. The zero-order valence-corrected chi connectivity index (χ0v) is 11.7. The third kappa shape index (κ3) is 5.06. The summed E-state index contributed by atoms with van der Waals surface area (Å²) in [6.45, 7) is 4.93. The number of hydrogen-bond donors (Lipinski definition) is 1. The number of aliphatic hydroxyl groups is 1. The highest BCUT2D eigenvalue weighted by atomic mass is 35.5. The number of carbonyl (C=O) groups is 1. The zero-order chi connectivity index (χ0) is 12.8. The Labute approximate surface area is 111 Å². The number of nitrogens with zero attached hydrogens (tertiary/aromatic N) is 1. The number of thiophene rings is 1. The zero-order valence-electron chi connectivity index (χ0n) is 10.1. The van der Waals surface area contributed by atoms with Gasteiger partial charge in [-0.3, -0.25) is 4.79 Å². The van der Waals surface area contributed by atoms with E-state index in [0.717, 1.165) is 9.21 Å². The minimum absolute atomic E-state index is 0.0814. The molecule has 96 valence electrons. The lowest BCUT2D eigenvalue weighted by molar-refractivity contribution is -0.132. The number of rotatable bonds is 6. The predicted octanol–water partition coefficient (Wildman–Crippen LogP) is 2.91. The van der Waals surface area contributed by atoms with Gasteiger partial charge in [0, 0.05) is 17.8 Å². The molecule has 1 unspecified atom stereocenters. The molecule has 0 aliphatic carbocycles. The first-order valence-electron chi connectivity index (χ1n) is 5.73. The van der Waals surface area contributed by atoms with E-state index in [-0.39, 0.29) is 5.91 Å². The fourth-order valence-electron chi connectivity index (χ4n) is 1.49. The lowest BCUT2D eigenvalue weighted by atomic mass is 10.2. The van der Waals surface area contributed by atoms with Crippen LogP contribution in [0.15, 0.2) is 12.1 Å². The van der Waals surface area contributed by atoms with Crippen molar-refractivity contribution in [2.24, 2.45) is 0 Å². The van der Waals surface area contributed by atoms with E-state index in [1.165, 1.54) is 11.3 Å². The standard InChI is InChI=1S/C12H18ClNO2S/c1-3-14(12(16)7-4-9(2)15)8-10-5-6-11(13)17-10/h5-6,9,15H,3-4,7-8H2,1-2H3. The summed E-state index contributed by atoms with van der Waals surface area (Å²) in [5.74, 6) is 0.0814. The van der Waals surface area contributed by atoms with Gasteiger partial charge < -0.3 is 10.0 Å². The van der Waals surface area contributed by atoms with Crippen molar-refractivity contribution in [2.75, 3.05) is 6.54 Å². The van der Waals surface area contributed by atoms with Crippen molar-refractivity contribution in [1.82, 2.24) is 4.90 Å². The molecule has 1 rings (SSSR count). The Bertz CT molecular complexity index is 365. The van der Waals surface area contributed by atoms with Crippen molar-refractivity contribution >= 4 is 28.8 Å². The third-order valence-electron chi connectivity index (χ3n) is 2.49. The average Bonchev–Trinajstić information content (AvgIpc) is 2.68. The largest absolute Gasteiger partial charge is 0.393 e. The smallest absolute Gasteiger partial charge is 0.222 e. The minimum Gasteiger partial charge on any atom is -0.393 e. The average molecular weight is 276 g/mol. The van der Waals surface area contributed by atoms with Crippen LogP contribution >= 0.6 is 22.9 Å². The first-order valence-corrected chi connectivity index (χ1v) is 6.92. The van der Waals surface area contributed by atoms with Crippen molar-refractivity contribution in [3.05, 3.63) is 21.3 Å². The van der Waals surface area contributed by atoms with Crippen LogP contribution in [0.5, 0.6) is 0 Å². The summed E-state index contributed by atoms with van der Waals surface area (Å²) in [7, 11) is 0. The van der Waals surface area contributed by atoms with Crippen LogP contribution in [0.3, 0.4) is 0 Å². The van der Waals surface area contributed by atoms with Crippen LogP contribution in [0, 0.1) is 0 Å². The molecule has 0 aromatic carbocycles. The molecule has 1 atom stereocenters. The van der Waals surface area contributed by atoms with Gasteiger partial charge in [-0.1, -0.05) is 11.6 Å². The molecule has 0 saturated carbocycles. The predicted molar refractivity (Wildman–Crippen MR) is 71.3 cm³/mol. The maximum Gasteiger partial charge on any atom is 0.222 e. The molecule has 1 aromatic rings. The Balaban J connectivity index is 2.50. The summed E-state index contributed by atoms with van der Waals surface area (Å²) in [6, 6.07) is 3.78. The van der Waals surface area contributed by atoms with Crippen LogP contribution in [0.1, 0.15) is 31.6 Å². The quantitative estimate of drug-likeness (QED) is 0.867. The number of carbonyl (C=O) groups excluding carboxylic acids is 1. The van der Waals surface area contributed by atoms with Gasteiger partial charge >= 0.3 is 0 Å². The summed E-state index contributed by atoms with van der Waals surface area (Å²) in [4.78, 5) is 14.7. The lowest BCUT2D eigenvalue weighted by Crippen LogP contribution is -2.30. The highest BCUT2D eigenvalue weighted by molar-refractivity contribution is 7.16. The molecule has 1 heterocycles. The highest BCUT2D eigenvalue weighted by Crippen LogP contribution is 2.22. The van der Waals surface area contributed by atoms with Crippen LogP contribution in [0.4, 0.5) is 0 Å². The van der Waals surface area contributed by atoms with Crippen molar-refractivity contribution in [3.8, 4) is 0 Å². The van der Waals surface area contributed by atoms with Crippen LogP contribution in [-0.4, -0.2) is 28.6 Å². The highest BCUT2D eigenvalue weighted by Gasteiger charge is 2.13. The Morgan fingerprint density at radius 1 is 1.59 bits per heavy atom. The first kappa shape index (κ1) is 14.5. The molecule has 0 radical (unpaired) electrons. The molecule has 5 heteroatoms. The number of hydrogen-bond acceptors (Lipinski definition) is 3. The van der Waals surface area contributed by atoms with E-state index in [2.05, 4.69) is 0 Å². The summed E-state index contributed by atoms with van der Waals surface area (Å²) in [5.41, 5.74) is 0. The van der Waals surface area contributed by atoms with Crippen LogP contribution in [0.25, 0.3) is 0 Å². The molecule has 0 saturated heterocycles. The van der Waals surface area contributed by atoms with Crippen molar-refractivity contribution in [3.63, 3.8) is 0 Å². The van der Waals surface area contributed by atoms with E-state index >= 15 is 0 Å². The Morgan fingerprint density at radius 3 is 2.76 bits per heavy atom. The van der Waals surface area contributed by atoms with E-state index in [1.54, 1.807) is 11.8 Å². The van der Waals surface area contributed by atoms with E-state index in [0.29, 0.717) is 25.9 Å². The molecule has 1 aromatic heterocycles. The summed E-state index contributed by atoms with van der Waals surface area (Å²) in [6.07, 6.45) is 0.486. The van der Waals surface area contributed by atoms with Crippen molar-refractivity contribution in [2.45, 2.75) is 39.3 Å². The molecule has 1 amide bonds. The Kier molecular flexibility index (Phi) is 5.95. The van der Waals surface area contributed by atoms with Gasteiger partial charge in [0.2, 0.25) is 5.91 Å². The van der Waals surface area contributed by atoms with Crippen molar-refractivity contribution in [1.29, 1.82) is 0 Å². The number of amides is 1. The Morgan fingerprint density at radius 2 is 2.29 bits per heavy atom. The topological polar surface area (TPSA) is 40.5 Å². The van der Waals surface area contributed by atoms with Gasteiger partial charge in [0.05, 0.1) is 17.0 Å². The van der Waals surface area contributed by atoms with E-state index in [1.807, 2.05) is 19.1 Å². The molecule has 1 N–H and O–H groups in total. The molecule has 0 bridgehead atoms. The van der Waals surface area contributed by atoms with Crippen LogP contribution in [0.2, 0.25) is 4.34 Å². The molecule has 17 heavy (non-hydrogen) atoms. The third-order valence-corrected chi connectivity index (χ3v) is 3.70. The van der Waals surface area contributed by atoms with Gasteiger partial charge in [-0.05, 0) is 32.4 Å². The van der Waals surface area contributed by atoms with Gasteiger partial charge in [0.15, 0.2) is 0 Å². The van der Waals surface area contributed by atoms with Crippen LogP contribution < -0.4 is 0 Å². The fourth-order valence-corrected chi connectivity index (χ4v) is 2.59. The second-order valence-corrected chi connectivity index (χ2v) is 5.80. The summed E-state index contributed by atoms with van der Waals surface area (Å²) in [5, 5.41) is 9.16.